The van der Waals surface area contributed by atoms with Gasteiger partial charge in [-0.2, -0.15) is 9.61 Å². The first-order valence-corrected chi connectivity index (χ1v) is 5.53. The first-order valence-electron chi connectivity index (χ1n) is 4.71. The van der Waals surface area contributed by atoms with Crippen LogP contribution in [0.25, 0.3) is 4.96 Å². The molecule has 0 spiro atoms. The molecule has 0 bridgehead atoms. The van der Waals surface area contributed by atoms with Gasteiger partial charge in [0.2, 0.25) is 4.96 Å². The van der Waals surface area contributed by atoms with Crippen molar-refractivity contribution in [1.29, 1.82) is 0 Å². The van der Waals surface area contributed by atoms with E-state index in [0.717, 1.165) is 22.9 Å². The molecule has 14 heavy (non-hydrogen) atoms. The van der Waals surface area contributed by atoms with Gasteiger partial charge < -0.3 is 5.32 Å². The maximum absolute atomic E-state index is 4.37. The van der Waals surface area contributed by atoms with Gasteiger partial charge in [-0.05, 0) is 19.9 Å². The van der Waals surface area contributed by atoms with Crippen molar-refractivity contribution in [2.24, 2.45) is 0 Å². The highest BCUT2D eigenvalue weighted by Gasteiger charge is 2.11. The summed E-state index contributed by atoms with van der Waals surface area (Å²) in [5.41, 5.74) is 0. The molecule has 0 radical (unpaired) electrons. The highest BCUT2D eigenvalue weighted by Crippen LogP contribution is 2.18. The Bertz CT molecular complexity index is 378. The second-order valence-electron chi connectivity index (χ2n) is 3.17. The number of hydrogen-bond acceptors (Lipinski definition) is 5. The van der Waals surface area contributed by atoms with Gasteiger partial charge in [-0.15, -0.1) is 10.2 Å². The molecular formula is C8H13N5S. The van der Waals surface area contributed by atoms with Crippen molar-refractivity contribution < 1.29 is 0 Å². The third kappa shape index (κ3) is 1.76. The standard InChI is InChI=1S/C8H13N5S/c1-3-4-9-6(2)7-12-13-5-10-11-8(13)14-7/h5-6,9H,3-4H2,1-2H3. The van der Waals surface area contributed by atoms with Crippen molar-refractivity contribution in [3.05, 3.63) is 11.3 Å². The smallest absolute Gasteiger partial charge is 0.234 e. The topological polar surface area (TPSA) is 55.1 Å². The van der Waals surface area contributed by atoms with Gasteiger partial charge in [0.05, 0.1) is 6.04 Å². The van der Waals surface area contributed by atoms with Gasteiger partial charge in [0.25, 0.3) is 0 Å². The van der Waals surface area contributed by atoms with Crippen molar-refractivity contribution in [1.82, 2.24) is 25.1 Å². The molecule has 2 rings (SSSR count). The Balaban J connectivity index is 2.13. The minimum atomic E-state index is 0.293. The molecule has 1 atom stereocenters. The average Bonchev–Trinajstić information content (AvgIpc) is 2.72. The zero-order valence-electron chi connectivity index (χ0n) is 8.27. The van der Waals surface area contributed by atoms with E-state index in [4.69, 9.17) is 0 Å². The van der Waals surface area contributed by atoms with Gasteiger partial charge in [-0.3, -0.25) is 0 Å². The second kappa shape index (κ2) is 4.02. The van der Waals surface area contributed by atoms with Crippen molar-refractivity contribution in [2.75, 3.05) is 6.54 Å². The van der Waals surface area contributed by atoms with Gasteiger partial charge in [-0.25, -0.2) is 0 Å². The quantitative estimate of drug-likeness (QED) is 0.827. The van der Waals surface area contributed by atoms with Gasteiger partial charge in [-0.1, -0.05) is 18.3 Å². The molecule has 2 aromatic rings. The van der Waals surface area contributed by atoms with E-state index >= 15 is 0 Å². The Labute approximate surface area is 86.2 Å². The Morgan fingerprint density at radius 3 is 3.21 bits per heavy atom. The van der Waals surface area contributed by atoms with E-state index in [2.05, 4.69) is 34.5 Å². The Kier molecular flexibility index (Phi) is 2.74. The molecule has 0 amide bonds. The van der Waals surface area contributed by atoms with Crippen molar-refractivity contribution >= 4 is 16.3 Å². The fourth-order valence-corrected chi connectivity index (χ4v) is 2.04. The lowest BCUT2D eigenvalue weighted by molar-refractivity contribution is 0.561. The molecule has 1 N–H and O–H groups in total. The third-order valence-corrected chi connectivity index (χ3v) is 3.07. The van der Waals surface area contributed by atoms with E-state index in [1.807, 2.05) is 0 Å². The number of fused-ring (bicyclic) bond motifs is 1. The molecule has 0 aliphatic rings. The first kappa shape index (κ1) is 9.54. The van der Waals surface area contributed by atoms with Crippen LogP contribution < -0.4 is 5.32 Å². The average molecular weight is 211 g/mol. The van der Waals surface area contributed by atoms with E-state index in [9.17, 15) is 0 Å². The summed E-state index contributed by atoms with van der Waals surface area (Å²) in [7, 11) is 0. The first-order chi connectivity index (χ1) is 6.81. The normalized spacial score (nSPS) is 13.6. The lowest BCUT2D eigenvalue weighted by atomic mass is 10.3. The molecule has 0 aliphatic carbocycles. The predicted octanol–water partition coefficient (Wildman–Crippen LogP) is 1.25. The summed E-state index contributed by atoms with van der Waals surface area (Å²) in [6.07, 6.45) is 2.76. The van der Waals surface area contributed by atoms with Crippen LogP contribution in [0.15, 0.2) is 6.33 Å². The van der Waals surface area contributed by atoms with E-state index in [1.54, 1.807) is 22.2 Å². The lowest BCUT2D eigenvalue weighted by Gasteiger charge is -2.08. The van der Waals surface area contributed by atoms with Crippen LogP contribution in [0.3, 0.4) is 0 Å². The van der Waals surface area contributed by atoms with Crippen molar-refractivity contribution in [2.45, 2.75) is 26.3 Å². The second-order valence-corrected chi connectivity index (χ2v) is 4.16. The lowest BCUT2D eigenvalue weighted by Crippen LogP contribution is -2.19. The molecule has 5 nitrogen and oxygen atoms in total. The van der Waals surface area contributed by atoms with Crippen LogP contribution >= 0.6 is 11.3 Å². The fraction of sp³-hybridized carbons (Fsp3) is 0.625. The van der Waals surface area contributed by atoms with Crippen LogP contribution in [0.4, 0.5) is 0 Å². The molecule has 2 heterocycles. The van der Waals surface area contributed by atoms with Crippen LogP contribution in [0.2, 0.25) is 0 Å². The SMILES string of the molecule is CCCNC(C)c1nn2cnnc2s1. The largest absolute Gasteiger partial charge is 0.308 e. The summed E-state index contributed by atoms with van der Waals surface area (Å²) in [5.74, 6) is 0. The summed E-state index contributed by atoms with van der Waals surface area (Å²) in [4.78, 5) is 0.852. The third-order valence-electron chi connectivity index (χ3n) is 1.97. The Morgan fingerprint density at radius 1 is 1.64 bits per heavy atom. The molecular weight excluding hydrogens is 198 g/mol. The number of aromatic nitrogens is 4. The van der Waals surface area contributed by atoms with E-state index in [1.165, 1.54) is 0 Å². The summed E-state index contributed by atoms with van der Waals surface area (Å²) in [6.45, 7) is 5.28. The summed E-state index contributed by atoms with van der Waals surface area (Å²) in [6, 6.07) is 0.293. The highest BCUT2D eigenvalue weighted by molar-refractivity contribution is 7.16. The Hall–Kier alpha value is -1.01. The van der Waals surface area contributed by atoms with Crippen LogP contribution in [-0.4, -0.2) is 26.4 Å². The minimum Gasteiger partial charge on any atom is -0.308 e. The number of nitrogens with zero attached hydrogens (tertiary/aromatic N) is 4. The summed E-state index contributed by atoms with van der Waals surface area (Å²) >= 11 is 1.58. The van der Waals surface area contributed by atoms with E-state index < -0.39 is 0 Å². The van der Waals surface area contributed by atoms with Gasteiger partial charge in [0.15, 0.2) is 0 Å². The number of hydrogen-bond donors (Lipinski definition) is 1. The highest BCUT2D eigenvalue weighted by atomic mass is 32.1. The van der Waals surface area contributed by atoms with Crippen LogP contribution in [0.5, 0.6) is 0 Å². The monoisotopic (exact) mass is 211 g/mol. The van der Waals surface area contributed by atoms with Crippen LogP contribution in [0.1, 0.15) is 31.3 Å². The van der Waals surface area contributed by atoms with Crippen LogP contribution in [0, 0.1) is 0 Å². The summed E-state index contributed by atoms with van der Waals surface area (Å²) < 4.78 is 1.71. The van der Waals surface area contributed by atoms with Crippen molar-refractivity contribution in [3.63, 3.8) is 0 Å². The molecule has 2 aromatic heterocycles. The number of rotatable bonds is 4. The molecule has 76 valence electrons. The molecule has 0 saturated carbocycles. The predicted molar refractivity (Wildman–Crippen MR) is 55.4 cm³/mol. The molecule has 0 aliphatic heterocycles. The zero-order valence-corrected chi connectivity index (χ0v) is 9.08. The van der Waals surface area contributed by atoms with E-state index in [0.29, 0.717) is 6.04 Å². The molecule has 0 fully saturated rings. The van der Waals surface area contributed by atoms with Gasteiger partial charge in [0, 0.05) is 0 Å². The maximum atomic E-state index is 4.37. The fourth-order valence-electron chi connectivity index (χ4n) is 1.20. The summed E-state index contributed by atoms with van der Waals surface area (Å²) in [5, 5.41) is 16.5. The maximum Gasteiger partial charge on any atom is 0.234 e. The molecule has 0 aromatic carbocycles. The van der Waals surface area contributed by atoms with Crippen LogP contribution in [-0.2, 0) is 0 Å². The number of nitrogens with one attached hydrogen (secondary N) is 1. The van der Waals surface area contributed by atoms with Crippen molar-refractivity contribution in [3.8, 4) is 0 Å². The minimum absolute atomic E-state index is 0.293. The molecule has 0 saturated heterocycles. The Morgan fingerprint density at radius 2 is 2.50 bits per heavy atom. The molecule has 1 unspecified atom stereocenters. The molecule has 6 heteroatoms. The van der Waals surface area contributed by atoms with E-state index in [-0.39, 0.29) is 0 Å². The zero-order chi connectivity index (χ0) is 9.97. The van der Waals surface area contributed by atoms with Gasteiger partial charge >= 0.3 is 0 Å². The van der Waals surface area contributed by atoms with Gasteiger partial charge in [0.1, 0.15) is 11.3 Å².